The van der Waals surface area contributed by atoms with E-state index in [1.54, 1.807) is 6.21 Å². The second-order valence-electron chi connectivity index (χ2n) is 5.90. The Balaban J connectivity index is 1.65. The van der Waals surface area contributed by atoms with E-state index < -0.39 is 0 Å². The van der Waals surface area contributed by atoms with Crippen molar-refractivity contribution in [2.24, 2.45) is 5.10 Å². The zero-order valence-corrected chi connectivity index (χ0v) is 14.7. The van der Waals surface area contributed by atoms with Crippen LogP contribution in [0.1, 0.15) is 30.9 Å². The highest BCUT2D eigenvalue weighted by Crippen LogP contribution is 2.13. The molecule has 1 fully saturated rings. The summed E-state index contributed by atoms with van der Waals surface area (Å²) >= 11 is 5.21. The summed E-state index contributed by atoms with van der Waals surface area (Å²) < 4.78 is 5.32. The fraction of sp³-hybridized carbons (Fsp3) is 0.529. The molecule has 2 rings (SSSR count). The zero-order chi connectivity index (χ0) is 16.5. The van der Waals surface area contributed by atoms with Gasteiger partial charge in [-0.1, -0.05) is 38.1 Å². The van der Waals surface area contributed by atoms with Gasteiger partial charge in [-0.05, 0) is 29.3 Å². The number of hydrazone groups is 1. The van der Waals surface area contributed by atoms with Gasteiger partial charge in [0.15, 0.2) is 5.11 Å². The lowest BCUT2D eigenvalue weighted by atomic mass is 10.0. The van der Waals surface area contributed by atoms with E-state index in [9.17, 15) is 0 Å². The van der Waals surface area contributed by atoms with Gasteiger partial charge < -0.3 is 10.1 Å². The third-order valence-electron chi connectivity index (χ3n) is 3.80. The Labute approximate surface area is 144 Å². The van der Waals surface area contributed by atoms with E-state index >= 15 is 0 Å². The van der Waals surface area contributed by atoms with Gasteiger partial charge in [0.2, 0.25) is 0 Å². The molecule has 1 saturated heterocycles. The Hall–Kier alpha value is -1.50. The van der Waals surface area contributed by atoms with Crippen molar-refractivity contribution in [2.75, 3.05) is 39.4 Å². The van der Waals surface area contributed by atoms with Gasteiger partial charge in [-0.15, -0.1) is 0 Å². The highest BCUT2D eigenvalue weighted by Gasteiger charge is 2.09. The lowest BCUT2D eigenvalue weighted by Gasteiger charge is -2.26. The van der Waals surface area contributed by atoms with Gasteiger partial charge in [-0.3, -0.25) is 10.3 Å². The van der Waals surface area contributed by atoms with Crippen LogP contribution in [-0.2, 0) is 4.74 Å². The van der Waals surface area contributed by atoms with Crippen molar-refractivity contribution in [3.8, 4) is 0 Å². The molecule has 0 amide bonds. The van der Waals surface area contributed by atoms with Crippen LogP contribution >= 0.6 is 12.2 Å². The van der Waals surface area contributed by atoms with E-state index in [0.717, 1.165) is 45.0 Å². The second-order valence-corrected chi connectivity index (χ2v) is 6.31. The molecule has 0 bridgehead atoms. The van der Waals surface area contributed by atoms with E-state index in [-0.39, 0.29) is 0 Å². The van der Waals surface area contributed by atoms with E-state index in [1.165, 1.54) is 5.56 Å². The van der Waals surface area contributed by atoms with Crippen LogP contribution in [0.2, 0.25) is 0 Å². The van der Waals surface area contributed by atoms with Crippen molar-refractivity contribution in [1.82, 2.24) is 15.6 Å². The van der Waals surface area contributed by atoms with Crippen LogP contribution in [-0.4, -0.2) is 55.6 Å². The van der Waals surface area contributed by atoms with Gasteiger partial charge in [0.05, 0.1) is 19.4 Å². The molecular weight excluding hydrogens is 308 g/mol. The molecule has 1 aliphatic heterocycles. The summed E-state index contributed by atoms with van der Waals surface area (Å²) in [4.78, 5) is 2.36. The maximum atomic E-state index is 5.32. The summed E-state index contributed by atoms with van der Waals surface area (Å²) in [6.45, 7) is 9.78. The Kier molecular flexibility index (Phi) is 7.45. The average molecular weight is 334 g/mol. The minimum atomic E-state index is 0.544. The van der Waals surface area contributed by atoms with E-state index in [2.05, 4.69) is 58.9 Å². The van der Waals surface area contributed by atoms with Crippen LogP contribution in [0.5, 0.6) is 0 Å². The SMILES string of the molecule is CC(C)c1ccc(/C=N\NC(=S)NCCN2CCOCC2)cc1. The lowest BCUT2D eigenvalue weighted by Crippen LogP contribution is -2.42. The second kappa shape index (κ2) is 9.60. The van der Waals surface area contributed by atoms with Gasteiger partial charge in [0.25, 0.3) is 0 Å². The third-order valence-corrected chi connectivity index (χ3v) is 4.04. The molecule has 1 aromatic rings. The standard InChI is InChI=1S/C17H26N4OS/c1-14(2)16-5-3-15(4-6-16)13-19-20-17(23)18-7-8-21-9-11-22-12-10-21/h3-6,13-14H,7-12H2,1-2H3,(H2,18,20,23)/b19-13-. The highest BCUT2D eigenvalue weighted by atomic mass is 32.1. The first-order valence-electron chi connectivity index (χ1n) is 8.12. The van der Waals surface area contributed by atoms with Crippen molar-refractivity contribution in [3.05, 3.63) is 35.4 Å². The molecule has 5 nitrogen and oxygen atoms in total. The summed E-state index contributed by atoms with van der Waals surface area (Å²) in [5.41, 5.74) is 5.24. The Morgan fingerprint density at radius 2 is 2.00 bits per heavy atom. The number of thiocarbonyl (C=S) groups is 1. The fourth-order valence-electron chi connectivity index (χ4n) is 2.32. The number of benzene rings is 1. The van der Waals surface area contributed by atoms with Gasteiger partial charge in [0, 0.05) is 26.2 Å². The lowest BCUT2D eigenvalue weighted by molar-refractivity contribution is 0.0389. The van der Waals surface area contributed by atoms with Gasteiger partial charge in [-0.25, -0.2) is 0 Å². The van der Waals surface area contributed by atoms with Gasteiger partial charge in [-0.2, -0.15) is 5.10 Å². The summed E-state index contributed by atoms with van der Waals surface area (Å²) in [6.07, 6.45) is 1.78. The van der Waals surface area contributed by atoms with Crippen molar-refractivity contribution >= 4 is 23.5 Å². The number of ether oxygens (including phenoxy) is 1. The van der Waals surface area contributed by atoms with Gasteiger partial charge in [0.1, 0.15) is 0 Å². The molecule has 23 heavy (non-hydrogen) atoms. The van der Waals surface area contributed by atoms with Crippen LogP contribution < -0.4 is 10.7 Å². The maximum Gasteiger partial charge on any atom is 0.187 e. The summed E-state index contributed by atoms with van der Waals surface area (Å²) in [7, 11) is 0. The van der Waals surface area contributed by atoms with Crippen molar-refractivity contribution in [2.45, 2.75) is 19.8 Å². The Bertz CT molecular complexity index is 510. The highest BCUT2D eigenvalue weighted by molar-refractivity contribution is 7.80. The maximum absolute atomic E-state index is 5.32. The predicted molar refractivity (Wildman–Crippen MR) is 99.1 cm³/mol. The Morgan fingerprint density at radius 1 is 1.30 bits per heavy atom. The topological polar surface area (TPSA) is 48.9 Å². The van der Waals surface area contributed by atoms with Crippen LogP contribution in [0.15, 0.2) is 29.4 Å². The largest absolute Gasteiger partial charge is 0.379 e. The summed E-state index contributed by atoms with van der Waals surface area (Å²) in [5.74, 6) is 0.544. The van der Waals surface area contributed by atoms with E-state index in [0.29, 0.717) is 11.0 Å². The molecule has 0 radical (unpaired) electrons. The minimum Gasteiger partial charge on any atom is -0.379 e. The molecule has 0 atom stereocenters. The molecular formula is C17H26N4OS. The zero-order valence-electron chi connectivity index (χ0n) is 13.9. The van der Waals surface area contributed by atoms with Crippen LogP contribution in [0.25, 0.3) is 0 Å². The molecule has 1 heterocycles. The van der Waals surface area contributed by atoms with E-state index in [1.807, 2.05) is 0 Å². The van der Waals surface area contributed by atoms with Crippen LogP contribution in [0.4, 0.5) is 0 Å². The van der Waals surface area contributed by atoms with Crippen LogP contribution in [0.3, 0.4) is 0 Å². The molecule has 0 aliphatic carbocycles. The first-order chi connectivity index (χ1) is 11.1. The number of hydrogen-bond donors (Lipinski definition) is 2. The number of nitrogens with zero attached hydrogens (tertiary/aromatic N) is 2. The fourth-order valence-corrected chi connectivity index (χ4v) is 2.48. The molecule has 0 aromatic heterocycles. The smallest absolute Gasteiger partial charge is 0.187 e. The van der Waals surface area contributed by atoms with Crippen molar-refractivity contribution < 1.29 is 4.74 Å². The van der Waals surface area contributed by atoms with Crippen molar-refractivity contribution in [3.63, 3.8) is 0 Å². The molecule has 6 heteroatoms. The van der Waals surface area contributed by atoms with Gasteiger partial charge >= 0.3 is 0 Å². The quantitative estimate of drug-likeness (QED) is 0.473. The summed E-state index contributed by atoms with van der Waals surface area (Å²) in [6, 6.07) is 8.39. The first-order valence-corrected chi connectivity index (χ1v) is 8.53. The number of hydrogen-bond acceptors (Lipinski definition) is 4. The minimum absolute atomic E-state index is 0.544. The molecule has 2 N–H and O–H groups in total. The third kappa shape index (κ3) is 6.64. The molecule has 0 saturated carbocycles. The monoisotopic (exact) mass is 334 g/mol. The number of morpholine rings is 1. The average Bonchev–Trinajstić information content (AvgIpc) is 2.56. The first kappa shape index (κ1) is 17.8. The summed E-state index contributed by atoms with van der Waals surface area (Å²) in [5, 5.41) is 7.88. The molecule has 126 valence electrons. The number of nitrogens with one attached hydrogen (secondary N) is 2. The molecule has 0 unspecified atom stereocenters. The van der Waals surface area contributed by atoms with E-state index in [4.69, 9.17) is 17.0 Å². The number of rotatable bonds is 6. The predicted octanol–water partition coefficient (Wildman–Crippen LogP) is 1.94. The molecule has 1 aromatic carbocycles. The normalized spacial score (nSPS) is 16.0. The van der Waals surface area contributed by atoms with Crippen LogP contribution in [0, 0.1) is 0 Å². The van der Waals surface area contributed by atoms with Crippen molar-refractivity contribution in [1.29, 1.82) is 0 Å². The molecule has 1 aliphatic rings. The molecule has 0 spiro atoms. The Morgan fingerprint density at radius 3 is 2.65 bits per heavy atom.